The number of amides is 1. The molecule has 0 spiro atoms. The maximum absolute atomic E-state index is 12.5. The first-order valence-corrected chi connectivity index (χ1v) is 9.47. The standard InChI is InChI=1S/C21H22N4O3/c1-25(18-7-3-2-4-8-18)21(26)28-19-9-5-6-15(11-19)16-10-17(13-22-12-16)20-24-23-14-27-20/h5-6,9-14,18H,2-4,7-8H2,1H3. The molecule has 0 unspecified atom stereocenters. The number of benzene rings is 1. The molecule has 0 N–H and O–H groups in total. The summed E-state index contributed by atoms with van der Waals surface area (Å²) in [6.45, 7) is 0. The van der Waals surface area contributed by atoms with E-state index in [1.807, 2.05) is 31.3 Å². The van der Waals surface area contributed by atoms with Crippen molar-refractivity contribution >= 4 is 6.09 Å². The smallest absolute Gasteiger partial charge is 0.415 e. The number of aromatic nitrogens is 3. The van der Waals surface area contributed by atoms with E-state index in [1.54, 1.807) is 23.4 Å². The molecule has 1 aromatic carbocycles. The average Bonchev–Trinajstić information content (AvgIpc) is 3.29. The minimum absolute atomic E-state index is 0.264. The monoisotopic (exact) mass is 378 g/mol. The zero-order valence-corrected chi connectivity index (χ0v) is 15.7. The van der Waals surface area contributed by atoms with Gasteiger partial charge >= 0.3 is 6.09 Å². The maximum Gasteiger partial charge on any atom is 0.415 e. The lowest BCUT2D eigenvalue weighted by Gasteiger charge is -2.30. The van der Waals surface area contributed by atoms with Crippen LogP contribution >= 0.6 is 0 Å². The van der Waals surface area contributed by atoms with E-state index in [2.05, 4.69) is 15.2 Å². The number of carbonyl (C=O) groups is 1. The first-order valence-electron chi connectivity index (χ1n) is 9.47. The summed E-state index contributed by atoms with van der Waals surface area (Å²) in [6.07, 6.45) is 10.0. The summed E-state index contributed by atoms with van der Waals surface area (Å²) in [4.78, 5) is 18.5. The molecule has 28 heavy (non-hydrogen) atoms. The van der Waals surface area contributed by atoms with Crippen LogP contribution in [0.3, 0.4) is 0 Å². The van der Waals surface area contributed by atoms with Crippen LogP contribution in [0, 0.1) is 0 Å². The van der Waals surface area contributed by atoms with E-state index >= 15 is 0 Å². The predicted octanol–water partition coefficient (Wildman–Crippen LogP) is 4.56. The van der Waals surface area contributed by atoms with Crippen LogP contribution in [0.5, 0.6) is 5.75 Å². The highest BCUT2D eigenvalue weighted by atomic mass is 16.6. The molecule has 1 amide bonds. The molecule has 7 nitrogen and oxygen atoms in total. The molecule has 0 saturated heterocycles. The van der Waals surface area contributed by atoms with Gasteiger partial charge in [0.25, 0.3) is 0 Å². The van der Waals surface area contributed by atoms with Gasteiger partial charge in [0.05, 0.1) is 5.56 Å². The summed E-state index contributed by atoms with van der Waals surface area (Å²) in [6, 6.07) is 9.59. The fraction of sp³-hybridized carbons (Fsp3) is 0.333. The quantitative estimate of drug-likeness (QED) is 0.662. The van der Waals surface area contributed by atoms with Crippen molar-refractivity contribution in [3.63, 3.8) is 0 Å². The highest BCUT2D eigenvalue weighted by molar-refractivity contribution is 5.73. The summed E-state index contributed by atoms with van der Waals surface area (Å²) < 4.78 is 10.9. The summed E-state index contributed by atoms with van der Waals surface area (Å²) in [5, 5.41) is 7.61. The average molecular weight is 378 g/mol. The zero-order valence-electron chi connectivity index (χ0n) is 15.7. The largest absolute Gasteiger partial charge is 0.423 e. The second-order valence-electron chi connectivity index (χ2n) is 7.00. The lowest BCUT2D eigenvalue weighted by Crippen LogP contribution is -2.39. The number of carbonyl (C=O) groups excluding carboxylic acids is 1. The van der Waals surface area contributed by atoms with Gasteiger partial charge in [-0.3, -0.25) is 4.98 Å². The van der Waals surface area contributed by atoms with Gasteiger partial charge in [-0.1, -0.05) is 31.4 Å². The van der Waals surface area contributed by atoms with Crippen molar-refractivity contribution in [3.8, 4) is 28.3 Å². The first kappa shape index (κ1) is 18.2. The Morgan fingerprint density at radius 1 is 1.11 bits per heavy atom. The van der Waals surface area contributed by atoms with Gasteiger partial charge in [0, 0.05) is 31.0 Å². The number of rotatable bonds is 4. The Morgan fingerprint density at radius 2 is 1.93 bits per heavy atom. The first-order chi connectivity index (χ1) is 13.7. The zero-order chi connectivity index (χ0) is 19.3. The fourth-order valence-corrected chi connectivity index (χ4v) is 3.54. The fourth-order valence-electron chi connectivity index (χ4n) is 3.54. The van der Waals surface area contributed by atoms with Crippen molar-refractivity contribution in [1.29, 1.82) is 0 Å². The van der Waals surface area contributed by atoms with Crippen LogP contribution in [0.15, 0.2) is 53.5 Å². The molecule has 3 aromatic rings. The van der Waals surface area contributed by atoms with Crippen molar-refractivity contribution < 1.29 is 13.9 Å². The summed E-state index contributed by atoms with van der Waals surface area (Å²) >= 11 is 0. The van der Waals surface area contributed by atoms with E-state index in [0.717, 1.165) is 29.5 Å². The summed E-state index contributed by atoms with van der Waals surface area (Å²) in [5.74, 6) is 0.916. The van der Waals surface area contributed by atoms with E-state index in [9.17, 15) is 4.79 Å². The van der Waals surface area contributed by atoms with E-state index in [4.69, 9.17) is 9.15 Å². The Labute approximate surface area is 163 Å². The van der Waals surface area contributed by atoms with Gasteiger partial charge in [-0.15, -0.1) is 10.2 Å². The Bertz CT molecular complexity index is 936. The molecular formula is C21H22N4O3. The third-order valence-electron chi connectivity index (χ3n) is 5.13. The van der Waals surface area contributed by atoms with Crippen LogP contribution < -0.4 is 4.74 Å². The van der Waals surface area contributed by atoms with Gasteiger partial charge < -0.3 is 14.1 Å². The second-order valence-corrected chi connectivity index (χ2v) is 7.00. The molecule has 0 atom stereocenters. The minimum Gasteiger partial charge on any atom is -0.423 e. The number of nitrogens with zero attached hydrogens (tertiary/aromatic N) is 4. The Balaban J connectivity index is 1.50. The Morgan fingerprint density at radius 3 is 2.71 bits per heavy atom. The molecule has 1 aliphatic carbocycles. The Kier molecular flexibility index (Phi) is 5.32. The molecule has 2 heterocycles. The van der Waals surface area contributed by atoms with Crippen molar-refractivity contribution in [2.45, 2.75) is 38.1 Å². The van der Waals surface area contributed by atoms with Crippen LogP contribution in [-0.4, -0.2) is 39.3 Å². The van der Waals surface area contributed by atoms with Crippen LogP contribution in [0.1, 0.15) is 32.1 Å². The summed E-state index contributed by atoms with van der Waals surface area (Å²) in [5.41, 5.74) is 2.49. The second kappa shape index (κ2) is 8.21. The normalized spacial score (nSPS) is 14.6. The third-order valence-corrected chi connectivity index (χ3v) is 5.13. The van der Waals surface area contributed by atoms with Crippen LogP contribution in [0.2, 0.25) is 0 Å². The van der Waals surface area contributed by atoms with E-state index in [1.165, 1.54) is 25.7 Å². The molecule has 1 aliphatic rings. The number of ether oxygens (including phenoxy) is 1. The number of hydrogen-bond acceptors (Lipinski definition) is 6. The third kappa shape index (κ3) is 4.03. The highest BCUT2D eigenvalue weighted by Crippen LogP contribution is 2.28. The lowest BCUT2D eigenvalue weighted by molar-refractivity contribution is 0.133. The number of hydrogen-bond donors (Lipinski definition) is 0. The molecule has 1 saturated carbocycles. The number of pyridine rings is 1. The molecule has 4 rings (SSSR count). The van der Waals surface area contributed by atoms with Crippen molar-refractivity contribution in [1.82, 2.24) is 20.1 Å². The summed E-state index contributed by atoms with van der Waals surface area (Å²) in [7, 11) is 1.82. The van der Waals surface area contributed by atoms with Gasteiger partial charge in [0.1, 0.15) is 5.75 Å². The molecule has 1 fully saturated rings. The van der Waals surface area contributed by atoms with E-state index < -0.39 is 0 Å². The minimum atomic E-state index is -0.318. The van der Waals surface area contributed by atoms with E-state index in [-0.39, 0.29) is 12.1 Å². The predicted molar refractivity (Wildman–Crippen MR) is 104 cm³/mol. The van der Waals surface area contributed by atoms with Crippen molar-refractivity contribution in [3.05, 3.63) is 49.1 Å². The lowest BCUT2D eigenvalue weighted by atomic mass is 9.95. The van der Waals surface area contributed by atoms with Gasteiger partial charge in [0.15, 0.2) is 0 Å². The Hall–Kier alpha value is -3.22. The van der Waals surface area contributed by atoms with Crippen LogP contribution in [0.4, 0.5) is 4.79 Å². The molecule has 0 bridgehead atoms. The van der Waals surface area contributed by atoms with Crippen molar-refractivity contribution in [2.75, 3.05) is 7.05 Å². The van der Waals surface area contributed by atoms with Crippen LogP contribution in [-0.2, 0) is 0 Å². The van der Waals surface area contributed by atoms with E-state index in [0.29, 0.717) is 11.6 Å². The molecule has 0 aliphatic heterocycles. The molecule has 0 radical (unpaired) electrons. The van der Waals surface area contributed by atoms with Crippen LogP contribution in [0.25, 0.3) is 22.6 Å². The van der Waals surface area contributed by atoms with Gasteiger partial charge in [-0.2, -0.15) is 0 Å². The van der Waals surface area contributed by atoms with Gasteiger partial charge in [0.2, 0.25) is 12.3 Å². The SMILES string of the molecule is CN(C(=O)Oc1cccc(-c2cncc(-c3nnco3)c2)c1)C1CCCCC1. The van der Waals surface area contributed by atoms with Gasteiger partial charge in [-0.05, 0) is 36.6 Å². The maximum atomic E-state index is 12.5. The molecule has 2 aromatic heterocycles. The van der Waals surface area contributed by atoms with Crippen molar-refractivity contribution in [2.24, 2.45) is 0 Å². The molecule has 7 heteroatoms. The topological polar surface area (TPSA) is 81.4 Å². The molecular weight excluding hydrogens is 356 g/mol. The highest BCUT2D eigenvalue weighted by Gasteiger charge is 2.23. The molecule has 144 valence electrons. The van der Waals surface area contributed by atoms with Gasteiger partial charge in [-0.25, -0.2) is 4.79 Å².